The lowest BCUT2D eigenvalue weighted by Crippen LogP contribution is -2.42. The highest BCUT2D eigenvalue weighted by atomic mass is 35.5. The van der Waals surface area contributed by atoms with Gasteiger partial charge < -0.3 is 15.4 Å². The van der Waals surface area contributed by atoms with Crippen molar-refractivity contribution in [2.75, 3.05) is 0 Å². The van der Waals surface area contributed by atoms with Gasteiger partial charge in [-0.15, -0.1) is 0 Å². The molecule has 202 valence electrons. The summed E-state index contributed by atoms with van der Waals surface area (Å²) < 4.78 is 0. The number of hydrogen-bond acceptors (Lipinski definition) is 3. The first-order valence-corrected chi connectivity index (χ1v) is 13.7. The zero-order valence-corrected chi connectivity index (χ0v) is 22.9. The minimum Gasteiger partial charge on any atom is -0.480 e. The molecule has 3 N–H and O–H groups in total. The molecule has 0 spiro atoms. The van der Waals surface area contributed by atoms with Gasteiger partial charge in [0.05, 0.1) is 17.9 Å². The van der Waals surface area contributed by atoms with Gasteiger partial charge in [-0.1, -0.05) is 110 Å². The number of aliphatic carboxylic acids is 1. The van der Waals surface area contributed by atoms with Gasteiger partial charge in [-0.25, -0.2) is 4.98 Å². The number of hydrogen-bond donors (Lipinski definition) is 3. The molecule has 1 aliphatic rings. The van der Waals surface area contributed by atoms with Crippen LogP contribution in [0.1, 0.15) is 49.2 Å². The largest absolute Gasteiger partial charge is 0.480 e. The van der Waals surface area contributed by atoms with Crippen LogP contribution in [0.4, 0.5) is 0 Å². The van der Waals surface area contributed by atoms with Crippen LogP contribution in [0.15, 0.2) is 109 Å². The number of nitrogens with one attached hydrogen (secondary N) is 2. The van der Waals surface area contributed by atoms with Crippen LogP contribution in [0.2, 0.25) is 5.02 Å². The van der Waals surface area contributed by atoms with E-state index in [0.29, 0.717) is 27.4 Å². The number of aromatic nitrogens is 2. The summed E-state index contributed by atoms with van der Waals surface area (Å²) in [5.41, 5.74) is 2.44. The van der Waals surface area contributed by atoms with Crippen LogP contribution < -0.4 is 5.32 Å². The van der Waals surface area contributed by atoms with E-state index < -0.39 is 11.4 Å². The molecular formula is C33H30ClN3O3. The van der Waals surface area contributed by atoms with Gasteiger partial charge in [-0.2, -0.15) is 0 Å². The van der Waals surface area contributed by atoms with Crippen LogP contribution in [0.25, 0.3) is 16.8 Å². The van der Waals surface area contributed by atoms with E-state index in [2.05, 4.69) is 22.2 Å². The van der Waals surface area contributed by atoms with Crippen molar-refractivity contribution in [3.8, 4) is 11.3 Å². The lowest BCUT2D eigenvalue weighted by molar-refractivity contribution is -0.141. The second kappa shape index (κ2) is 11.8. The van der Waals surface area contributed by atoms with E-state index in [1.165, 1.54) is 0 Å². The zero-order valence-electron chi connectivity index (χ0n) is 22.1. The van der Waals surface area contributed by atoms with Gasteiger partial charge in [0.15, 0.2) is 5.41 Å². The van der Waals surface area contributed by atoms with Gasteiger partial charge in [-0.3, -0.25) is 9.59 Å². The Bertz CT molecular complexity index is 1580. The van der Waals surface area contributed by atoms with E-state index in [9.17, 15) is 14.7 Å². The quantitative estimate of drug-likeness (QED) is 0.206. The fourth-order valence-electron chi connectivity index (χ4n) is 5.27. The number of rotatable bonds is 9. The van der Waals surface area contributed by atoms with Crippen LogP contribution in [-0.2, 0) is 15.0 Å². The van der Waals surface area contributed by atoms with Gasteiger partial charge in [0.25, 0.3) is 0 Å². The average molecular weight is 552 g/mol. The minimum atomic E-state index is -1.65. The molecule has 5 rings (SSSR count). The van der Waals surface area contributed by atoms with E-state index in [4.69, 9.17) is 11.6 Å². The molecule has 2 unspecified atom stereocenters. The van der Waals surface area contributed by atoms with E-state index in [1.807, 2.05) is 66.7 Å². The molecule has 40 heavy (non-hydrogen) atoms. The fourth-order valence-corrected chi connectivity index (χ4v) is 5.46. The monoisotopic (exact) mass is 551 g/mol. The highest BCUT2D eigenvalue weighted by Crippen LogP contribution is 2.46. The number of H-pyrrole nitrogens is 1. The van der Waals surface area contributed by atoms with Crippen molar-refractivity contribution in [1.29, 1.82) is 0 Å². The summed E-state index contributed by atoms with van der Waals surface area (Å²) in [6.07, 6.45) is 6.61. The number of imidazole rings is 1. The number of nitrogens with zero attached hydrogens (tertiary/aromatic N) is 1. The molecule has 0 bridgehead atoms. The second-order valence-electron chi connectivity index (χ2n) is 9.91. The first-order chi connectivity index (χ1) is 19.4. The Hall–Kier alpha value is -4.42. The van der Waals surface area contributed by atoms with Crippen molar-refractivity contribution in [3.05, 3.63) is 131 Å². The van der Waals surface area contributed by atoms with Crippen LogP contribution in [0.3, 0.4) is 0 Å². The molecule has 1 aliphatic carbocycles. The summed E-state index contributed by atoms with van der Waals surface area (Å²) in [5, 5.41) is 14.5. The van der Waals surface area contributed by atoms with E-state index in [-0.39, 0.29) is 24.2 Å². The van der Waals surface area contributed by atoms with Gasteiger partial charge in [0.2, 0.25) is 5.91 Å². The van der Waals surface area contributed by atoms with Crippen molar-refractivity contribution in [3.63, 3.8) is 0 Å². The molecule has 2 atom stereocenters. The molecule has 4 aromatic rings. The molecule has 0 radical (unpaired) electrons. The topological polar surface area (TPSA) is 95.1 Å². The number of carboxylic acids is 1. The Morgan fingerprint density at radius 3 is 2.38 bits per heavy atom. The smallest absolute Gasteiger partial charge is 0.322 e. The van der Waals surface area contributed by atoms with Gasteiger partial charge >= 0.3 is 5.97 Å². The number of amides is 1. The third-order valence-electron chi connectivity index (χ3n) is 7.31. The average Bonchev–Trinajstić information content (AvgIpc) is 3.48. The molecule has 0 saturated heterocycles. The maximum atomic E-state index is 13.7. The zero-order chi connectivity index (χ0) is 28.1. The maximum Gasteiger partial charge on any atom is 0.322 e. The summed E-state index contributed by atoms with van der Waals surface area (Å²) in [4.78, 5) is 34.8. The Labute approximate surface area is 238 Å². The molecule has 3 aromatic carbocycles. The van der Waals surface area contributed by atoms with Crippen LogP contribution in [0.5, 0.6) is 0 Å². The summed E-state index contributed by atoms with van der Waals surface area (Å²) in [6, 6.07) is 26.3. The molecule has 0 aliphatic heterocycles. The minimum absolute atomic E-state index is 0.0815. The molecule has 0 fully saturated rings. The Kier molecular flexibility index (Phi) is 7.99. The summed E-state index contributed by atoms with van der Waals surface area (Å²) in [7, 11) is 0. The Morgan fingerprint density at radius 2 is 1.70 bits per heavy atom. The fraction of sp³-hybridized carbons (Fsp3) is 0.182. The van der Waals surface area contributed by atoms with Crippen molar-refractivity contribution in [1.82, 2.24) is 15.3 Å². The highest BCUT2D eigenvalue weighted by Gasteiger charge is 2.50. The normalized spacial score (nSPS) is 17.4. The maximum absolute atomic E-state index is 13.7. The molecule has 1 heterocycles. The van der Waals surface area contributed by atoms with E-state index in [0.717, 1.165) is 24.0 Å². The highest BCUT2D eigenvalue weighted by molar-refractivity contribution is 6.30. The molecular weight excluding hydrogens is 522 g/mol. The third-order valence-corrected chi connectivity index (χ3v) is 7.54. The predicted molar refractivity (Wildman–Crippen MR) is 158 cm³/mol. The predicted octanol–water partition coefficient (Wildman–Crippen LogP) is 7.12. The number of halogens is 1. The number of carboxylic acid groups (broad SMARTS) is 1. The summed E-state index contributed by atoms with van der Waals surface area (Å²) >= 11 is 6.31. The van der Waals surface area contributed by atoms with Crippen molar-refractivity contribution < 1.29 is 14.7 Å². The van der Waals surface area contributed by atoms with Crippen LogP contribution in [0, 0.1) is 0 Å². The first-order valence-electron chi connectivity index (χ1n) is 13.3. The lowest BCUT2D eigenvalue weighted by Gasteiger charge is -2.34. The number of aromatic amines is 1. The Morgan fingerprint density at radius 1 is 1.00 bits per heavy atom. The number of carbonyl (C=O) groups is 2. The molecule has 1 aromatic heterocycles. The molecule has 6 nitrogen and oxygen atoms in total. The van der Waals surface area contributed by atoms with Crippen molar-refractivity contribution in [2.45, 2.75) is 37.6 Å². The van der Waals surface area contributed by atoms with Crippen molar-refractivity contribution >= 4 is 29.1 Å². The van der Waals surface area contributed by atoms with Gasteiger partial charge in [-0.05, 0) is 40.8 Å². The number of carbonyl (C=O) groups excluding carboxylic acids is 1. The summed E-state index contributed by atoms with van der Waals surface area (Å²) in [5.74, 6) is -1.17. The van der Waals surface area contributed by atoms with E-state index in [1.54, 1.807) is 36.5 Å². The number of allylic oxidation sites excluding steroid dienone is 2. The van der Waals surface area contributed by atoms with Crippen LogP contribution >= 0.6 is 11.6 Å². The molecule has 7 heteroatoms. The SMILES string of the molecule is CCCC(NC(=O)C1=CC=C(c2cccc(Cl)c2)C(C(=O)O)(c2ncc(-c3ccccc3)[nH]2)C1)c1ccccc1. The van der Waals surface area contributed by atoms with E-state index >= 15 is 0 Å². The standard InChI is InChI=1S/C33H30ClN3O3/c1-2-10-28(22-11-5-3-6-12-22)36-30(38)25-17-18-27(24-15-9-16-26(34)19-24)33(20-25,32(39)40)31-35-21-29(37-31)23-13-7-4-8-14-23/h3-9,11-19,21,28H,2,10,20H2,1H3,(H,35,37)(H,36,38)(H,39,40). The molecule has 0 saturated carbocycles. The molecule has 1 amide bonds. The van der Waals surface area contributed by atoms with Crippen molar-refractivity contribution in [2.24, 2.45) is 0 Å². The number of benzene rings is 3. The summed E-state index contributed by atoms with van der Waals surface area (Å²) in [6.45, 7) is 2.07. The second-order valence-corrected chi connectivity index (χ2v) is 10.3. The van der Waals surface area contributed by atoms with Gasteiger partial charge in [0, 0.05) is 17.0 Å². The third kappa shape index (κ3) is 5.36. The van der Waals surface area contributed by atoms with Gasteiger partial charge in [0.1, 0.15) is 5.82 Å². The van der Waals surface area contributed by atoms with Crippen LogP contribution in [-0.4, -0.2) is 27.0 Å². The lowest BCUT2D eigenvalue weighted by atomic mass is 9.69. The Balaban J connectivity index is 1.58. The first kappa shape index (κ1) is 27.2.